The topological polar surface area (TPSA) is 90.1 Å². The van der Waals surface area contributed by atoms with Gasteiger partial charge in [-0.1, -0.05) is 100 Å². The third-order valence-electron chi connectivity index (χ3n) is 7.23. The van der Waals surface area contributed by atoms with E-state index in [4.69, 9.17) is 10.1 Å². The number of tetrazole rings is 1. The minimum absolute atomic E-state index is 0.509. The van der Waals surface area contributed by atoms with E-state index in [1.165, 1.54) is 5.56 Å². The van der Waals surface area contributed by atoms with E-state index in [2.05, 4.69) is 136 Å². The minimum atomic E-state index is 0.509. The van der Waals surface area contributed by atoms with Crippen molar-refractivity contribution in [3.63, 3.8) is 0 Å². The van der Waals surface area contributed by atoms with Gasteiger partial charge in [0.15, 0.2) is 11.6 Å². The van der Waals surface area contributed by atoms with Crippen LogP contribution in [0, 0.1) is 11.8 Å². The van der Waals surface area contributed by atoms with E-state index in [9.17, 15) is 0 Å². The van der Waals surface area contributed by atoms with Gasteiger partial charge in [0.05, 0.1) is 12.2 Å². The van der Waals surface area contributed by atoms with Crippen LogP contribution in [0.5, 0.6) is 0 Å². The molecule has 0 unspecified atom stereocenters. The van der Waals surface area contributed by atoms with Crippen LogP contribution in [0.1, 0.15) is 44.9 Å². The van der Waals surface area contributed by atoms with Gasteiger partial charge in [0, 0.05) is 24.1 Å². The lowest BCUT2D eigenvalue weighted by molar-refractivity contribution is 0.560. The fourth-order valence-corrected chi connectivity index (χ4v) is 5.37. The maximum Gasteiger partial charge on any atom is 0.197 e. The molecule has 0 aliphatic rings. The molecule has 0 saturated heterocycles. The number of hydrogen-bond donors (Lipinski definition) is 1. The third kappa shape index (κ3) is 5.79. The van der Waals surface area contributed by atoms with Gasteiger partial charge in [0.2, 0.25) is 0 Å². The summed E-state index contributed by atoms with van der Waals surface area (Å²) in [7, 11) is 0. The van der Waals surface area contributed by atoms with E-state index >= 15 is 0 Å². The Kier molecular flexibility index (Phi) is 7.77. The van der Waals surface area contributed by atoms with Crippen molar-refractivity contribution < 1.29 is 0 Å². The van der Waals surface area contributed by atoms with Crippen molar-refractivity contribution in [3.8, 4) is 39.6 Å². The zero-order chi connectivity index (χ0) is 29.1. The molecule has 0 fully saturated rings. The number of aromatic nitrogens is 8. The second-order valence-corrected chi connectivity index (χ2v) is 11.6. The molecule has 8 heteroatoms. The quantitative estimate of drug-likeness (QED) is 0.196. The number of benzene rings is 3. The Labute approximate surface area is 246 Å². The Balaban J connectivity index is 1.43. The van der Waals surface area contributed by atoms with Gasteiger partial charge in [-0.15, -0.1) is 5.10 Å². The molecule has 1 N–H and O–H groups in total. The average molecular weight is 557 g/mol. The molecule has 0 amide bonds. The molecule has 3 aromatic heterocycles. The molecule has 0 bridgehead atoms. The van der Waals surface area contributed by atoms with Gasteiger partial charge in [-0.05, 0) is 57.2 Å². The molecule has 0 aliphatic carbocycles. The molecule has 0 saturated carbocycles. The summed E-state index contributed by atoms with van der Waals surface area (Å²) in [4.78, 5) is 4.89. The van der Waals surface area contributed by atoms with Crippen molar-refractivity contribution in [2.24, 2.45) is 11.8 Å². The summed E-state index contributed by atoms with van der Waals surface area (Å²) in [5, 5.41) is 20.1. The first-order chi connectivity index (χ1) is 20.5. The standard InChI is InChI=1S/C34H36N8/c1-23(2)19-31-35-32(20-24(3)4)41(38-31)22-25-15-17-28(18-16-25)42-30(27-13-9-6-10-14-27)21-29(26-11-7-5-8-12-26)33(42)34-36-39-40-37-34/h5-18,21,23-24H,19-20,22H2,1-4H3,(H,36,37,39,40). The lowest BCUT2D eigenvalue weighted by atomic mass is 10.0. The highest BCUT2D eigenvalue weighted by molar-refractivity contribution is 5.86. The molecule has 3 heterocycles. The van der Waals surface area contributed by atoms with Crippen LogP contribution in [0.25, 0.3) is 39.6 Å². The number of rotatable bonds is 10. The van der Waals surface area contributed by atoms with Crippen molar-refractivity contribution in [1.29, 1.82) is 0 Å². The molecule has 3 aromatic carbocycles. The highest BCUT2D eigenvalue weighted by atomic mass is 15.5. The van der Waals surface area contributed by atoms with Crippen LogP contribution in [0.2, 0.25) is 0 Å². The Morgan fingerprint density at radius 2 is 1.43 bits per heavy atom. The van der Waals surface area contributed by atoms with Crippen molar-refractivity contribution in [2.45, 2.75) is 47.1 Å². The summed E-state index contributed by atoms with van der Waals surface area (Å²) in [5.41, 5.74) is 7.41. The molecule has 6 aromatic rings. The summed E-state index contributed by atoms with van der Waals surface area (Å²) in [6.07, 6.45) is 1.79. The van der Waals surface area contributed by atoms with Crippen molar-refractivity contribution >= 4 is 0 Å². The van der Waals surface area contributed by atoms with Gasteiger partial charge in [0.25, 0.3) is 0 Å². The first-order valence-corrected chi connectivity index (χ1v) is 14.6. The van der Waals surface area contributed by atoms with Crippen LogP contribution < -0.4 is 0 Å². The number of H-pyrrole nitrogens is 1. The minimum Gasteiger partial charge on any atom is -0.306 e. The average Bonchev–Trinajstić information content (AvgIpc) is 3.73. The van der Waals surface area contributed by atoms with Gasteiger partial charge >= 0.3 is 0 Å². The van der Waals surface area contributed by atoms with Crippen molar-refractivity contribution in [2.75, 3.05) is 0 Å². The first kappa shape index (κ1) is 27.3. The number of nitrogens with zero attached hydrogens (tertiary/aromatic N) is 7. The Morgan fingerprint density at radius 1 is 0.762 bits per heavy atom. The van der Waals surface area contributed by atoms with Gasteiger partial charge in [-0.2, -0.15) is 5.10 Å². The molecule has 212 valence electrons. The van der Waals surface area contributed by atoms with Crippen LogP contribution in [0.4, 0.5) is 0 Å². The van der Waals surface area contributed by atoms with Crippen LogP contribution >= 0.6 is 0 Å². The maximum atomic E-state index is 4.89. The van der Waals surface area contributed by atoms with Crippen LogP contribution in [-0.4, -0.2) is 40.0 Å². The Morgan fingerprint density at radius 3 is 2.05 bits per heavy atom. The fraction of sp³-hybridized carbons (Fsp3) is 0.265. The van der Waals surface area contributed by atoms with E-state index in [-0.39, 0.29) is 0 Å². The predicted octanol–water partition coefficient (Wildman–Crippen LogP) is 7.03. The highest BCUT2D eigenvalue weighted by Gasteiger charge is 2.23. The normalized spacial score (nSPS) is 11.6. The molecule has 6 rings (SSSR count). The third-order valence-corrected chi connectivity index (χ3v) is 7.23. The van der Waals surface area contributed by atoms with Gasteiger partial charge in [-0.25, -0.2) is 14.8 Å². The number of aromatic amines is 1. The SMILES string of the molecule is CC(C)Cc1nc(CC(C)C)n(Cc2ccc(-n3c(-c4ccccc4)cc(-c4ccccc4)c3-c3nnn[nH]3)cc2)n1. The monoisotopic (exact) mass is 556 g/mol. The Hall–Kier alpha value is -4.85. The fourth-order valence-electron chi connectivity index (χ4n) is 5.37. The summed E-state index contributed by atoms with van der Waals surface area (Å²) in [6.45, 7) is 9.54. The van der Waals surface area contributed by atoms with Gasteiger partial charge < -0.3 is 4.57 Å². The molecule has 42 heavy (non-hydrogen) atoms. The van der Waals surface area contributed by atoms with E-state index in [1.54, 1.807) is 0 Å². The molecule has 0 aliphatic heterocycles. The molecular weight excluding hydrogens is 520 g/mol. The summed E-state index contributed by atoms with van der Waals surface area (Å²) < 4.78 is 4.32. The molecule has 0 spiro atoms. The van der Waals surface area contributed by atoms with Crippen LogP contribution in [0.3, 0.4) is 0 Å². The van der Waals surface area contributed by atoms with E-state index in [0.29, 0.717) is 24.2 Å². The van der Waals surface area contributed by atoms with Crippen LogP contribution in [0.15, 0.2) is 91.0 Å². The van der Waals surface area contributed by atoms with Crippen molar-refractivity contribution in [1.82, 2.24) is 40.0 Å². The Bertz CT molecular complexity index is 1730. The summed E-state index contributed by atoms with van der Waals surface area (Å²) >= 11 is 0. The lowest BCUT2D eigenvalue weighted by Gasteiger charge is -2.14. The lowest BCUT2D eigenvalue weighted by Crippen LogP contribution is -2.10. The molecule has 0 atom stereocenters. The largest absolute Gasteiger partial charge is 0.306 e. The van der Waals surface area contributed by atoms with E-state index < -0.39 is 0 Å². The second kappa shape index (κ2) is 11.9. The molecule has 8 nitrogen and oxygen atoms in total. The zero-order valence-corrected chi connectivity index (χ0v) is 24.6. The zero-order valence-electron chi connectivity index (χ0n) is 24.6. The van der Waals surface area contributed by atoms with Crippen molar-refractivity contribution in [3.05, 3.63) is 108 Å². The first-order valence-electron chi connectivity index (χ1n) is 14.6. The summed E-state index contributed by atoms with van der Waals surface area (Å²) in [6, 6.07) is 31.7. The second-order valence-electron chi connectivity index (χ2n) is 11.6. The van der Waals surface area contributed by atoms with E-state index in [0.717, 1.165) is 58.3 Å². The van der Waals surface area contributed by atoms with Crippen LogP contribution in [-0.2, 0) is 19.4 Å². The summed E-state index contributed by atoms with van der Waals surface area (Å²) in [5.74, 6) is 3.61. The highest BCUT2D eigenvalue weighted by Crippen LogP contribution is 2.39. The molecular formula is C34H36N8. The number of nitrogens with one attached hydrogen (secondary N) is 1. The predicted molar refractivity (Wildman–Crippen MR) is 166 cm³/mol. The maximum absolute atomic E-state index is 4.89. The van der Waals surface area contributed by atoms with Gasteiger partial charge in [0.1, 0.15) is 11.5 Å². The molecule has 0 radical (unpaired) electrons. The smallest absolute Gasteiger partial charge is 0.197 e. The van der Waals surface area contributed by atoms with Gasteiger partial charge in [-0.3, -0.25) is 0 Å². The number of hydrogen-bond acceptors (Lipinski definition) is 5. The van der Waals surface area contributed by atoms with E-state index in [1.807, 2.05) is 12.1 Å².